The van der Waals surface area contributed by atoms with Crippen molar-refractivity contribution in [2.45, 2.75) is 6.29 Å². The number of hydrogen-bond acceptors (Lipinski definition) is 5. The maximum absolute atomic E-state index is 10.7. The fourth-order valence-electron chi connectivity index (χ4n) is 1.25. The number of carbonyl (C=O) groups is 1. The topological polar surface area (TPSA) is 65.0 Å². The molecule has 1 rings (SSSR count). The van der Waals surface area contributed by atoms with E-state index in [1.807, 2.05) is 0 Å². The van der Waals surface area contributed by atoms with Crippen LogP contribution in [0.2, 0.25) is 0 Å². The smallest absolute Gasteiger partial charge is 0.217 e. The molecule has 17 heavy (non-hydrogen) atoms. The molecule has 5 heteroatoms. The molecular formula is C12H14O5. The number of aliphatic hydroxyl groups excluding tert-OH is 1. The molecule has 0 saturated heterocycles. The molecule has 1 aromatic carbocycles. The number of ether oxygens (including phenoxy) is 3. The normalized spacial score (nSPS) is 11.5. The van der Waals surface area contributed by atoms with Crippen LogP contribution in [0.1, 0.15) is 10.4 Å². The summed E-state index contributed by atoms with van der Waals surface area (Å²) in [6.07, 6.45) is 0.700. The molecule has 1 aromatic rings. The highest BCUT2D eigenvalue weighted by molar-refractivity contribution is 5.78. The summed E-state index contributed by atoms with van der Waals surface area (Å²) in [5, 5.41) is 9.36. The maximum atomic E-state index is 10.7. The zero-order valence-corrected chi connectivity index (χ0v) is 9.67. The summed E-state index contributed by atoms with van der Waals surface area (Å²) in [4.78, 5) is 10.7. The number of hydrogen-bond donors (Lipinski definition) is 1. The molecule has 0 amide bonds. The second-order valence-electron chi connectivity index (χ2n) is 3.12. The van der Waals surface area contributed by atoms with E-state index < -0.39 is 6.29 Å². The Hall–Kier alpha value is -2.01. The number of methoxy groups -OCH3 is 2. The zero-order chi connectivity index (χ0) is 12.8. The van der Waals surface area contributed by atoms with Crippen LogP contribution in [0, 0.1) is 0 Å². The van der Waals surface area contributed by atoms with Crippen molar-refractivity contribution in [1.29, 1.82) is 0 Å². The Morgan fingerprint density at radius 3 is 2.18 bits per heavy atom. The number of aliphatic hydroxyl groups is 1. The lowest BCUT2D eigenvalue weighted by atomic mass is 10.2. The highest BCUT2D eigenvalue weighted by Gasteiger charge is 2.16. The van der Waals surface area contributed by atoms with Gasteiger partial charge in [0, 0.05) is 5.56 Å². The van der Waals surface area contributed by atoms with Crippen LogP contribution in [-0.4, -0.2) is 31.9 Å². The third kappa shape index (κ3) is 2.98. The van der Waals surface area contributed by atoms with Crippen molar-refractivity contribution in [3.05, 3.63) is 30.4 Å². The molecule has 1 N–H and O–H groups in total. The van der Waals surface area contributed by atoms with Gasteiger partial charge in [-0.2, -0.15) is 0 Å². The Balaban J connectivity index is 3.23. The minimum atomic E-state index is -1.18. The van der Waals surface area contributed by atoms with Crippen LogP contribution in [0.4, 0.5) is 0 Å². The van der Waals surface area contributed by atoms with Gasteiger partial charge in [0.2, 0.25) is 12.0 Å². The van der Waals surface area contributed by atoms with Gasteiger partial charge < -0.3 is 19.3 Å². The van der Waals surface area contributed by atoms with Crippen molar-refractivity contribution in [3.8, 4) is 17.2 Å². The molecular weight excluding hydrogens is 224 g/mol. The van der Waals surface area contributed by atoms with E-state index in [1.54, 1.807) is 0 Å². The van der Waals surface area contributed by atoms with E-state index in [-0.39, 0.29) is 5.75 Å². The minimum Gasteiger partial charge on any atom is -0.493 e. The van der Waals surface area contributed by atoms with E-state index >= 15 is 0 Å². The van der Waals surface area contributed by atoms with Gasteiger partial charge in [-0.05, 0) is 18.2 Å². The minimum absolute atomic E-state index is 0.216. The first-order valence-corrected chi connectivity index (χ1v) is 4.84. The largest absolute Gasteiger partial charge is 0.493 e. The van der Waals surface area contributed by atoms with Gasteiger partial charge in [0.25, 0.3) is 0 Å². The van der Waals surface area contributed by atoms with Gasteiger partial charge in [-0.15, -0.1) is 0 Å². The first-order valence-electron chi connectivity index (χ1n) is 4.84. The Morgan fingerprint density at radius 1 is 1.29 bits per heavy atom. The number of rotatable bonds is 6. The number of benzene rings is 1. The van der Waals surface area contributed by atoms with Gasteiger partial charge in [-0.1, -0.05) is 6.58 Å². The number of carbonyl (C=O) groups excluding carboxylic acids is 1. The average Bonchev–Trinajstić information content (AvgIpc) is 2.38. The molecule has 1 unspecified atom stereocenters. The lowest BCUT2D eigenvalue weighted by Gasteiger charge is -2.16. The van der Waals surface area contributed by atoms with Crippen LogP contribution in [0.25, 0.3) is 0 Å². The molecule has 0 bridgehead atoms. The lowest BCUT2D eigenvalue weighted by Crippen LogP contribution is -2.13. The van der Waals surface area contributed by atoms with E-state index in [4.69, 9.17) is 14.2 Å². The summed E-state index contributed by atoms with van der Waals surface area (Å²) in [6, 6.07) is 2.97. The molecule has 1 atom stereocenters. The molecule has 0 spiro atoms. The SMILES string of the molecule is C=CC(O)Oc1c(OC)cc(C=O)cc1OC. The summed E-state index contributed by atoms with van der Waals surface area (Å²) < 4.78 is 15.3. The van der Waals surface area contributed by atoms with Crippen molar-refractivity contribution < 1.29 is 24.1 Å². The van der Waals surface area contributed by atoms with E-state index in [0.717, 1.165) is 0 Å². The van der Waals surface area contributed by atoms with Crippen LogP contribution in [-0.2, 0) is 0 Å². The monoisotopic (exact) mass is 238 g/mol. The second kappa shape index (κ2) is 5.91. The fraction of sp³-hybridized carbons (Fsp3) is 0.250. The summed E-state index contributed by atoms with van der Waals surface area (Å²) >= 11 is 0. The summed E-state index contributed by atoms with van der Waals surface area (Å²) in [6.45, 7) is 3.39. The Bertz CT molecular complexity index is 388. The lowest BCUT2D eigenvalue weighted by molar-refractivity contribution is 0.0209. The van der Waals surface area contributed by atoms with Gasteiger partial charge in [-0.25, -0.2) is 0 Å². The van der Waals surface area contributed by atoms with Crippen molar-refractivity contribution in [1.82, 2.24) is 0 Å². The van der Waals surface area contributed by atoms with E-state index in [1.165, 1.54) is 32.4 Å². The summed E-state index contributed by atoms with van der Waals surface area (Å²) in [5.74, 6) is 0.813. The quantitative estimate of drug-likeness (QED) is 0.461. The predicted molar refractivity (Wildman–Crippen MR) is 61.8 cm³/mol. The van der Waals surface area contributed by atoms with Crippen LogP contribution in [0.15, 0.2) is 24.8 Å². The van der Waals surface area contributed by atoms with Gasteiger partial charge in [0.05, 0.1) is 14.2 Å². The maximum Gasteiger partial charge on any atom is 0.217 e. The molecule has 92 valence electrons. The van der Waals surface area contributed by atoms with Crippen LogP contribution < -0.4 is 14.2 Å². The molecule has 0 aliphatic carbocycles. The Kier molecular flexibility index (Phi) is 4.54. The van der Waals surface area contributed by atoms with Crippen molar-refractivity contribution in [2.24, 2.45) is 0 Å². The second-order valence-corrected chi connectivity index (χ2v) is 3.12. The van der Waals surface area contributed by atoms with Crippen LogP contribution in [0.3, 0.4) is 0 Å². The molecule has 0 aromatic heterocycles. The Morgan fingerprint density at radius 2 is 1.82 bits per heavy atom. The molecule has 0 aliphatic rings. The van der Waals surface area contributed by atoms with Gasteiger partial charge in [-0.3, -0.25) is 4.79 Å². The van der Waals surface area contributed by atoms with Crippen molar-refractivity contribution in [3.63, 3.8) is 0 Å². The first kappa shape index (κ1) is 13.1. The van der Waals surface area contributed by atoms with Crippen LogP contribution >= 0.6 is 0 Å². The van der Waals surface area contributed by atoms with E-state index in [9.17, 15) is 9.90 Å². The van der Waals surface area contributed by atoms with Crippen LogP contribution in [0.5, 0.6) is 17.2 Å². The molecule has 0 fully saturated rings. The van der Waals surface area contributed by atoms with E-state index in [2.05, 4.69) is 6.58 Å². The molecule has 0 radical (unpaired) electrons. The molecule has 0 saturated carbocycles. The summed E-state index contributed by atoms with van der Waals surface area (Å²) in [5.41, 5.74) is 0.388. The highest BCUT2D eigenvalue weighted by atomic mass is 16.6. The molecule has 0 aliphatic heterocycles. The van der Waals surface area contributed by atoms with Crippen molar-refractivity contribution in [2.75, 3.05) is 14.2 Å². The van der Waals surface area contributed by atoms with Crippen molar-refractivity contribution >= 4 is 6.29 Å². The van der Waals surface area contributed by atoms with Gasteiger partial charge in [0.15, 0.2) is 11.5 Å². The van der Waals surface area contributed by atoms with Gasteiger partial charge >= 0.3 is 0 Å². The average molecular weight is 238 g/mol. The third-order valence-corrected chi connectivity index (χ3v) is 2.06. The Labute approximate surface area is 99.2 Å². The van der Waals surface area contributed by atoms with Gasteiger partial charge in [0.1, 0.15) is 6.29 Å². The number of aldehydes is 1. The van der Waals surface area contributed by atoms with E-state index in [0.29, 0.717) is 23.3 Å². The molecule has 0 heterocycles. The highest BCUT2D eigenvalue weighted by Crippen LogP contribution is 2.38. The fourth-order valence-corrected chi connectivity index (χ4v) is 1.25. The molecule has 5 nitrogen and oxygen atoms in total. The summed E-state index contributed by atoms with van der Waals surface area (Å²) in [7, 11) is 2.85. The standard InChI is InChI=1S/C12H14O5/c1-4-11(14)17-12-9(15-2)5-8(7-13)6-10(12)16-3/h4-7,11,14H,1H2,2-3H3. The first-order chi connectivity index (χ1) is 8.15. The predicted octanol–water partition coefficient (Wildman–Crippen LogP) is 1.40. The third-order valence-electron chi connectivity index (χ3n) is 2.06. The zero-order valence-electron chi connectivity index (χ0n) is 9.67.